The van der Waals surface area contributed by atoms with Crippen LogP contribution < -0.4 is 10.6 Å². The van der Waals surface area contributed by atoms with E-state index in [4.69, 9.17) is 5.26 Å². The number of nitriles is 1. The second-order valence-corrected chi connectivity index (χ2v) is 9.37. The summed E-state index contributed by atoms with van der Waals surface area (Å²) in [5.41, 5.74) is 4.22. The number of allylic oxidation sites excluding steroid dienone is 1. The predicted octanol–water partition coefficient (Wildman–Crippen LogP) is 7.92. The number of anilines is 2. The number of nitrogens with one attached hydrogen (secondary N) is 2. The van der Waals surface area contributed by atoms with Crippen LogP contribution in [0.5, 0.6) is 0 Å². The average molecular weight is 560 g/mol. The molecule has 9 nitrogen and oxygen atoms in total. The average Bonchev–Trinajstić information content (AvgIpc) is 2.81. The van der Waals surface area contributed by atoms with Crippen LogP contribution in [0, 0.1) is 43.9 Å². The number of benzene rings is 2. The van der Waals surface area contributed by atoms with E-state index in [2.05, 4.69) is 92.2 Å². The maximum atomic E-state index is 10.7. The SMILES string of the molecule is C=C.C=C(Nc1cc(NCCC#N)ccc1C)C(C)(C)C.CCc1c(Br)cc([N+](=O)[O-])cc1[N+](=O)[O-]. The number of nitrogens with zero attached hydrogens (tertiary/aromatic N) is 3. The number of rotatable bonds is 8. The third-order valence-electron chi connectivity index (χ3n) is 4.91. The second-order valence-electron chi connectivity index (χ2n) is 8.51. The van der Waals surface area contributed by atoms with Gasteiger partial charge in [-0.25, -0.2) is 0 Å². The van der Waals surface area contributed by atoms with Crippen LogP contribution in [0.1, 0.15) is 45.2 Å². The molecule has 0 fully saturated rings. The second kappa shape index (κ2) is 15.3. The minimum absolute atomic E-state index is 0.0245. The van der Waals surface area contributed by atoms with E-state index >= 15 is 0 Å². The van der Waals surface area contributed by atoms with Crippen molar-refractivity contribution in [3.05, 3.63) is 91.6 Å². The van der Waals surface area contributed by atoms with Gasteiger partial charge in [-0.15, -0.1) is 13.2 Å². The summed E-state index contributed by atoms with van der Waals surface area (Å²) in [6.45, 7) is 21.0. The van der Waals surface area contributed by atoms with Gasteiger partial charge in [-0.1, -0.05) is 56.3 Å². The summed E-state index contributed by atoms with van der Waals surface area (Å²) in [5, 5.41) is 36.3. The minimum atomic E-state index is -0.656. The Labute approximate surface area is 221 Å². The Morgan fingerprint density at radius 2 is 1.75 bits per heavy atom. The largest absolute Gasteiger partial charge is 0.384 e. The van der Waals surface area contributed by atoms with Gasteiger partial charge in [-0.05, 0) is 31.0 Å². The number of hydrogen-bond donors (Lipinski definition) is 2. The standard InChI is InChI=1S/C16H23N3.C8H7BrN2O4.C2H4/c1-12-7-8-14(18-10-6-9-17)11-15(12)19-13(2)16(3,4)5;1-2-6-7(9)3-5(10(12)13)4-8(6)11(14)15;1-2/h7-8,11,18-19H,2,6,10H2,1,3-5H3;3-4H,2H2,1H3;1-2H2. The van der Waals surface area contributed by atoms with Crippen LogP contribution in [-0.4, -0.2) is 16.4 Å². The number of nitro benzene ring substituents is 2. The number of hydrogen-bond acceptors (Lipinski definition) is 7. The Morgan fingerprint density at radius 1 is 1.14 bits per heavy atom. The van der Waals surface area contributed by atoms with Gasteiger partial charge in [0.25, 0.3) is 11.4 Å². The van der Waals surface area contributed by atoms with Crippen molar-refractivity contribution in [2.24, 2.45) is 5.41 Å². The molecule has 2 aromatic carbocycles. The van der Waals surface area contributed by atoms with Gasteiger partial charge in [0.15, 0.2) is 0 Å². The Kier molecular flexibility index (Phi) is 13.7. The molecule has 0 bridgehead atoms. The Bertz CT molecular complexity index is 1120. The molecule has 0 heterocycles. The van der Waals surface area contributed by atoms with Gasteiger partial charge in [0.1, 0.15) is 0 Å². The number of nitro groups is 2. The molecule has 2 aromatic rings. The maximum absolute atomic E-state index is 10.7. The zero-order chi connectivity index (χ0) is 28.1. The molecule has 0 aliphatic rings. The highest BCUT2D eigenvalue weighted by atomic mass is 79.9. The molecule has 0 radical (unpaired) electrons. The quantitative estimate of drug-likeness (QED) is 0.145. The third-order valence-corrected chi connectivity index (χ3v) is 5.62. The van der Waals surface area contributed by atoms with Gasteiger partial charge in [0.05, 0.1) is 28.4 Å². The van der Waals surface area contributed by atoms with E-state index in [9.17, 15) is 20.2 Å². The van der Waals surface area contributed by atoms with E-state index in [0.717, 1.165) is 23.1 Å². The Morgan fingerprint density at radius 3 is 2.22 bits per heavy atom. The smallest absolute Gasteiger partial charge is 0.280 e. The molecule has 0 spiro atoms. The summed E-state index contributed by atoms with van der Waals surface area (Å²) >= 11 is 3.09. The van der Waals surface area contributed by atoms with Gasteiger partial charge in [0, 0.05) is 45.1 Å². The number of aryl methyl sites for hydroxylation is 1. The fourth-order valence-electron chi connectivity index (χ4n) is 2.71. The van der Waals surface area contributed by atoms with Crippen LogP contribution >= 0.6 is 15.9 Å². The van der Waals surface area contributed by atoms with Gasteiger partial charge in [-0.2, -0.15) is 5.26 Å². The topological polar surface area (TPSA) is 134 Å². The highest BCUT2D eigenvalue weighted by Gasteiger charge is 2.21. The Balaban J connectivity index is 0.000000651. The highest BCUT2D eigenvalue weighted by Crippen LogP contribution is 2.32. The third kappa shape index (κ3) is 10.3. The van der Waals surface area contributed by atoms with Crippen molar-refractivity contribution < 1.29 is 9.85 Å². The van der Waals surface area contributed by atoms with Crippen LogP contribution in [0.25, 0.3) is 0 Å². The predicted molar refractivity (Wildman–Crippen MR) is 150 cm³/mol. The van der Waals surface area contributed by atoms with Crippen LogP contribution in [-0.2, 0) is 6.42 Å². The zero-order valence-electron chi connectivity index (χ0n) is 21.5. The summed E-state index contributed by atoms with van der Waals surface area (Å²) in [7, 11) is 0. The molecular weight excluding hydrogens is 526 g/mol. The molecule has 0 atom stereocenters. The first-order valence-electron chi connectivity index (χ1n) is 11.1. The minimum Gasteiger partial charge on any atom is -0.384 e. The van der Waals surface area contributed by atoms with Crippen LogP contribution in [0.3, 0.4) is 0 Å². The van der Waals surface area contributed by atoms with Gasteiger partial charge < -0.3 is 10.6 Å². The maximum Gasteiger partial charge on any atom is 0.280 e. The van der Waals surface area contributed by atoms with E-state index in [1.165, 1.54) is 11.6 Å². The first-order chi connectivity index (χ1) is 16.8. The Hall–Kier alpha value is -3.71. The molecule has 0 aromatic heterocycles. The molecule has 2 N–H and O–H groups in total. The van der Waals surface area contributed by atoms with Crippen molar-refractivity contribution >= 4 is 38.7 Å². The lowest BCUT2D eigenvalue weighted by molar-refractivity contribution is -0.394. The first-order valence-corrected chi connectivity index (χ1v) is 11.9. The summed E-state index contributed by atoms with van der Waals surface area (Å²) < 4.78 is 0.394. The van der Waals surface area contributed by atoms with Gasteiger partial charge in [0.2, 0.25) is 0 Å². The fraction of sp³-hybridized carbons (Fsp3) is 0.346. The molecule has 194 valence electrons. The molecule has 36 heavy (non-hydrogen) atoms. The van der Waals surface area contributed by atoms with Crippen LogP contribution in [0.2, 0.25) is 0 Å². The lowest BCUT2D eigenvalue weighted by Gasteiger charge is -2.24. The molecule has 0 amide bonds. The normalized spacial score (nSPS) is 9.92. The highest BCUT2D eigenvalue weighted by molar-refractivity contribution is 9.10. The van der Waals surface area contributed by atoms with E-state index in [1.807, 2.05) is 6.07 Å². The lowest BCUT2D eigenvalue weighted by Crippen LogP contribution is -2.16. The molecule has 0 aliphatic carbocycles. The van der Waals surface area contributed by atoms with E-state index in [1.54, 1.807) is 6.92 Å². The fourth-order valence-corrected chi connectivity index (χ4v) is 3.42. The van der Waals surface area contributed by atoms with Crippen molar-refractivity contribution in [2.75, 3.05) is 17.2 Å². The summed E-state index contributed by atoms with van der Waals surface area (Å²) in [4.78, 5) is 19.9. The molecule has 0 aliphatic heterocycles. The number of halogens is 1. The van der Waals surface area contributed by atoms with Crippen molar-refractivity contribution in [3.8, 4) is 6.07 Å². The monoisotopic (exact) mass is 559 g/mol. The molecular formula is C26H34BrN5O4. The molecule has 10 heteroatoms. The number of non-ortho nitro benzene ring substituents is 1. The van der Waals surface area contributed by atoms with E-state index in [-0.39, 0.29) is 16.8 Å². The van der Waals surface area contributed by atoms with Crippen LogP contribution in [0.15, 0.2) is 60.2 Å². The zero-order valence-corrected chi connectivity index (χ0v) is 23.1. The summed E-state index contributed by atoms with van der Waals surface area (Å²) in [6.07, 6.45) is 0.945. The van der Waals surface area contributed by atoms with Crippen molar-refractivity contribution in [1.82, 2.24) is 0 Å². The lowest BCUT2D eigenvalue weighted by atomic mass is 9.92. The molecule has 0 saturated carbocycles. The van der Waals surface area contributed by atoms with E-state index < -0.39 is 9.85 Å². The van der Waals surface area contributed by atoms with Gasteiger partial charge >= 0.3 is 0 Å². The van der Waals surface area contributed by atoms with Crippen LogP contribution in [0.4, 0.5) is 22.7 Å². The van der Waals surface area contributed by atoms with Crippen molar-refractivity contribution in [1.29, 1.82) is 5.26 Å². The van der Waals surface area contributed by atoms with E-state index in [0.29, 0.717) is 29.4 Å². The summed E-state index contributed by atoms with van der Waals surface area (Å²) in [5.74, 6) is 0. The molecule has 0 unspecified atom stereocenters. The summed E-state index contributed by atoms with van der Waals surface area (Å²) in [6, 6.07) is 10.5. The van der Waals surface area contributed by atoms with Crippen molar-refractivity contribution in [2.45, 2.75) is 47.5 Å². The molecule has 0 saturated heterocycles. The van der Waals surface area contributed by atoms with Crippen molar-refractivity contribution in [3.63, 3.8) is 0 Å². The first kappa shape index (κ1) is 32.3. The molecule has 2 rings (SSSR count). The van der Waals surface area contributed by atoms with Gasteiger partial charge in [-0.3, -0.25) is 20.2 Å².